The van der Waals surface area contributed by atoms with Crippen molar-refractivity contribution in [1.29, 1.82) is 0 Å². The fraction of sp³-hybridized carbons (Fsp3) is 1.00. The van der Waals surface area contributed by atoms with Gasteiger partial charge in [-0.2, -0.15) is 0 Å². The van der Waals surface area contributed by atoms with Crippen LogP contribution in [0.2, 0.25) is 0 Å². The van der Waals surface area contributed by atoms with E-state index in [4.69, 9.17) is 4.52 Å². The fourth-order valence-electron chi connectivity index (χ4n) is 2.22. The van der Waals surface area contributed by atoms with Crippen LogP contribution in [0.1, 0.15) is 90.9 Å². The predicted octanol–water partition coefficient (Wildman–Crippen LogP) is 5.91. The zero-order valence-corrected chi connectivity index (χ0v) is 14.5. The molecular weight excluding hydrogens is 271 g/mol. The van der Waals surface area contributed by atoms with Crippen molar-refractivity contribution in [2.75, 3.05) is 12.8 Å². The van der Waals surface area contributed by atoms with Crippen LogP contribution in [-0.2, 0) is 9.09 Å². The third-order valence-corrected chi connectivity index (χ3v) is 5.05. The third kappa shape index (κ3) is 14.6. The molecule has 0 bridgehead atoms. The Labute approximate surface area is 126 Å². The first kappa shape index (κ1) is 20.1. The normalized spacial score (nSPS) is 14.3. The Balaban J connectivity index is 3.22. The van der Waals surface area contributed by atoms with Crippen LogP contribution in [0.15, 0.2) is 0 Å². The summed E-state index contributed by atoms with van der Waals surface area (Å²) in [6.45, 7) is 4.70. The maximum Gasteiger partial charge on any atom is 0.328 e. The van der Waals surface area contributed by atoms with Crippen LogP contribution in [0, 0.1) is 0 Å². The van der Waals surface area contributed by atoms with E-state index in [2.05, 4.69) is 6.92 Å². The van der Waals surface area contributed by atoms with Gasteiger partial charge in [-0.25, -0.2) is 0 Å². The second-order valence-electron chi connectivity index (χ2n) is 5.73. The van der Waals surface area contributed by atoms with Crippen molar-refractivity contribution in [2.24, 2.45) is 0 Å². The maximum absolute atomic E-state index is 11.6. The van der Waals surface area contributed by atoms with Crippen LogP contribution in [0.5, 0.6) is 0 Å². The lowest BCUT2D eigenvalue weighted by atomic mass is 10.1. The van der Waals surface area contributed by atoms with Gasteiger partial charge in [-0.15, -0.1) is 0 Å². The van der Waals surface area contributed by atoms with E-state index in [9.17, 15) is 9.46 Å². The van der Waals surface area contributed by atoms with Crippen LogP contribution >= 0.6 is 7.60 Å². The smallest absolute Gasteiger partial charge is 0.324 e. The third-order valence-electron chi connectivity index (χ3n) is 3.59. The molecule has 0 aromatic heterocycles. The van der Waals surface area contributed by atoms with Gasteiger partial charge in [0.1, 0.15) is 0 Å². The van der Waals surface area contributed by atoms with Gasteiger partial charge in [-0.05, 0) is 12.8 Å². The Morgan fingerprint density at radius 1 is 0.750 bits per heavy atom. The molecule has 1 N–H and O–H groups in total. The summed E-state index contributed by atoms with van der Waals surface area (Å²) in [5.41, 5.74) is 0. The van der Waals surface area contributed by atoms with Crippen molar-refractivity contribution >= 4 is 7.60 Å². The van der Waals surface area contributed by atoms with Crippen molar-refractivity contribution < 1.29 is 14.0 Å². The Hall–Kier alpha value is 0.150. The SMILES string of the molecule is CCCCCCCCCCCCOP(=O)(O)CCCC. The van der Waals surface area contributed by atoms with E-state index < -0.39 is 7.60 Å². The zero-order valence-electron chi connectivity index (χ0n) is 13.6. The van der Waals surface area contributed by atoms with Gasteiger partial charge in [0.15, 0.2) is 0 Å². The monoisotopic (exact) mass is 306 g/mol. The highest BCUT2D eigenvalue weighted by atomic mass is 31.2. The first-order valence-electron chi connectivity index (χ1n) is 8.58. The highest BCUT2D eigenvalue weighted by Gasteiger charge is 2.17. The van der Waals surface area contributed by atoms with Gasteiger partial charge in [0.25, 0.3) is 0 Å². The average Bonchev–Trinajstić information content (AvgIpc) is 2.42. The molecular formula is C16H35O3P. The zero-order chi connectivity index (χ0) is 15.1. The van der Waals surface area contributed by atoms with Crippen molar-refractivity contribution in [3.63, 3.8) is 0 Å². The lowest BCUT2D eigenvalue weighted by Crippen LogP contribution is -1.97. The van der Waals surface area contributed by atoms with Gasteiger partial charge in [0.2, 0.25) is 0 Å². The molecule has 1 unspecified atom stereocenters. The van der Waals surface area contributed by atoms with E-state index in [0.717, 1.165) is 25.7 Å². The van der Waals surface area contributed by atoms with E-state index in [1.54, 1.807) is 0 Å². The summed E-state index contributed by atoms with van der Waals surface area (Å²) in [4.78, 5) is 9.52. The molecule has 0 saturated carbocycles. The summed E-state index contributed by atoms with van der Waals surface area (Å²) in [5, 5.41) is 0. The van der Waals surface area contributed by atoms with E-state index >= 15 is 0 Å². The van der Waals surface area contributed by atoms with Crippen LogP contribution < -0.4 is 0 Å². The second kappa shape index (κ2) is 14.1. The minimum Gasteiger partial charge on any atom is -0.324 e. The summed E-state index contributed by atoms with van der Waals surface area (Å²) in [7, 11) is -3.29. The molecule has 0 aliphatic heterocycles. The van der Waals surface area contributed by atoms with E-state index in [0.29, 0.717) is 12.8 Å². The van der Waals surface area contributed by atoms with E-state index in [1.165, 1.54) is 51.4 Å². The molecule has 0 spiro atoms. The van der Waals surface area contributed by atoms with Crippen molar-refractivity contribution in [3.05, 3.63) is 0 Å². The molecule has 3 nitrogen and oxygen atoms in total. The molecule has 0 fully saturated rings. The van der Waals surface area contributed by atoms with Crippen LogP contribution in [0.4, 0.5) is 0 Å². The molecule has 20 heavy (non-hydrogen) atoms. The summed E-state index contributed by atoms with van der Waals surface area (Å²) in [6, 6.07) is 0. The largest absolute Gasteiger partial charge is 0.328 e. The van der Waals surface area contributed by atoms with Gasteiger partial charge in [-0.1, -0.05) is 78.1 Å². The van der Waals surface area contributed by atoms with Gasteiger partial charge in [-0.3, -0.25) is 4.57 Å². The van der Waals surface area contributed by atoms with Crippen molar-refractivity contribution in [3.8, 4) is 0 Å². The van der Waals surface area contributed by atoms with Crippen molar-refractivity contribution in [1.82, 2.24) is 0 Å². The lowest BCUT2D eigenvalue weighted by molar-refractivity contribution is 0.252. The number of hydrogen-bond donors (Lipinski definition) is 1. The van der Waals surface area contributed by atoms with Gasteiger partial charge < -0.3 is 9.42 Å². The molecule has 0 aliphatic rings. The fourth-order valence-corrected chi connectivity index (χ4v) is 3.48. The predicted molar refractivity (Wildman–Crippen MR) is 87.4 cm³/mol. The minimum absolute atomic E-state index is 0.307. The molecule has 0 aliphatic carbocycles. The number of hydrogen-bond acceptors (Lipinski definition) is 2. The molecule has 0 radical (unpaired) electrons. The topological polar surface area (TPSA) is 46.5 Å². The molecule has 122 valence electrons. The Bertz CT molecular complexity index is 244. The molecule has 0 aromatic rings. The summed E-state index contributed by atoms with van der Waals surface area (Å²) >= 11 is 0. The van der Waals surface area contributed by atoms with E-state index in [1.807, 2.05) is 6.92 Å². The standard InChI is InChI=1S/C16H35O3P/c1-3-5-7-8-9-10-11-12-13-14-15-19-20(17,18)16-6-4-2/h3-16H2,1-2H3,(H,17,18). The molecule has 0 heterocycles. The summed E-state index contributed by atoms with van der Waals surface area (Å²) < 4.78 is 16.7. The van der Waals surface area contributed by atoms with Crippen molar-refractivity contribution in [2.45, 2.75) is 90.9 Å². The number of rotatable bonds is 15. The quantitative estimate of drug-likeness (QED) is 0.302. The van der Waals surface area contributed by atoms with Crippen LogP contribution in [0.3, 0.4) is 0 Å². The molecule has 1 atom stereocenters. The molecule has 0 aromatic carbocycles. The minimum atomic E-state index is -3.29. The molecule has 0 amide bonds. The highest BCUT2D eigenvalue weighted by Crippen LogP contribution is 2.42. The van der Waals surface area contributed by atoms with Gasteiger partial charge in [0.05, 0.1) is 6.61 Å². The second-order valence-corrected chi connectivity index (χ2v) is 7.71. The maximum atomic E-state index is 11.6. The Morgan fingerprint density at radius 2 is 1.20 bits per heavy atom. The van der Waals surface area contributed by atoms with Gasteiger partial charge >= 0.3 is 7.60 Å². The Morgan fingerprint density at radius 3 is 1.70 bits per heavy atom. The molecule has 0 saturated heterocycles. The van der Waals surface area contributed by atoms with Gasteiger partial charge in [0, 0.05) is 6.16 Å². The summed E-state index contributed by atoms with van der Waals surface area (Å²) in [6.07, 6.45) is 14.7. The van der Waals surface area contributed by atoms with Crippen LogP contribution in [-0.4, -0.2) is 17.7 Å². The number of unbranched alkanes of at least 4 members (excludes halogenated alkanes) is 10. The highest BCUT2D eigenvalue weighted by molar-refractivity contribution is 7.52. The lowest BCUT2D eigenvalue weighted by Gasteiger charge is -2.11. The summed E-state index contributed by atoms with van der Waals surface area (Å²) in [5.74, 6) is 0. The van der Waals surface area contributed by atoms with E-state index in [-0.39, 0.29) is 0 Å². The average molecular weight is 306 g/mol. The first-order chi connectivity index (χ1) is 9.62. The Kier molecular flexibility index (Phi) is 14.2. The first-order valence-corrected chi connectivity index (χ1v) is 10.3. The molecule has 4 heteroatoms. The van der Waals surface area contributed by atoms with Crippen LogP contribution in [0.25, 0.3) is 0 Å². The molecule has 0 rings (SSSR count).